The van der Waals surface area contributed by atoms with E-state index in [1.807, 2.05) is 11.3 Å². The van der Waals surface area contributed by atoms with E-state index in [1.165, 1.54) is 57.9 Å². The normalized spacial score (nSPS) is 14.0. The predicted molar refractivity (Wildman–Crippen MR) is 126 cm³/mol. The molecule has 0 fully saturated rings. The summed E-state index contributed by atoms with van der Waals surface area (Å²) in [6.07, 6.45) is 4.52. The van der Waals surface area contributed by atoms with E-state index in [1.54, 1.807) is 0 Å². The molecule has 6 rings (SSSR count). The zero-order valence-electron chi connectivity index (χ0n) is 15.5. The highest BCUT2D eigenvalue weighted by Gasteiger charge is 2.16. The van der Waals surface area contributed by atoms with Gasteiger partial charge in [-0.15, -0.1) is 11.3 Å². The third-order valence-corrected chi connectivity index (χ3v) is 7.76. The van der Waals surface area contributed by atoms with Gasteiger partial charge in [0.05, 0.1) is 0 Å². The Balaban J connectivity index is 1.57. The van der Waals surface area contributed by atoms with Crippen molar-refractivity contribution in [1.29, 1.82) is 0 Å². The van der Waals surface area contributed by atoms with E-state index >= 15 is 0 Å². The Bertz CT molecular complexity index is 1430. The Kier molecular flexibility index (Phi) is 3.59. The van der Waals surface area contributed by atoms with Crippen LogP contribution in [0.2, 0.25) is 0 Å². The van der Waals surface area contributed by atoms with Crippen LogP contribution in [0.1, 0.15) is 16.9 Å². The van der Waals surface area contributed by atoms with Crippen LogP contribution in [0.4, 0.5) is 0 Å². The minimum Gasteiger partial charge on any atom is -0.344 e. The average molecular weight is 444 g/mol. The molecule has 0 N–H and O–H groups in total. The van der Waals surface area contributed by atoms with Crippen LogP contribution in [0.15, 0.2) is 65.1 Å². The molecule has 2 aromatic heterocycles. The summed E-state index contributed by atoms with van der Waals surface area (Å²) in [6, 6.07) is 22.5. The summed E-state index contributed by atoms with van der Waals surface area (Å²) in [5.74, 6) is 0. The molecule has 0 spiro atoms. The third kappa shape index (κ3) is 2.36. The molecule has 0 aliphatic heterocycles. The predicted octanol–water partition coefficient (Wildman–Crippen LogP) is 7.90. The molecular weight excluding hydrogens is 426 g/mol. The first-order valence-corrected chi connectivity index (χ1v) is 11.2. The minimum absolute atomic E-state index is 1.10. The van der Waals surface area contributed by atoms with Gasteiger partial charge in [0.15, 0.2) is 0 Å². The summed E-state index contributed by atoms with van der Waals surface area (Å²) >= 11 is 5.58. The second-order valence-electron chi connectivity index (χ2n) is 7.56. The topological polar surface area (TPSA) is 4.93 Å². The average Bonchev–Trinajstić information content (AvgIpc) is 3.22. The molecule has 5 aromatic rings. The molecule has 0 atom stereocenters. The Hall–Kier alpha value is -2.36. The van der Waals surface area contributed by atoms with Gasteiger partial charge in [-0.1, -0.05) is 46.3 Å². The molecule has 3 aromatic carbocycles. The Morgan fingerprint density at radius 2 is 1.57 bits per heavy atom. The molecule has 0 amide bonds. The molecule has 1 nitrogen and oxygen atoms in total. The number of hydrogen-bond donors (Lipinski definition) is 0. The van der Waals surface area contributed by atoms with Crippen LogP contribution in [0.3, 0.4) is 0 Å². The number of aryl methyl sites for hydroxylation is 2. The molecule has 0 saturated heterocycles. The van der Waals surface area contributed by atoms with Crippen molar-refractivity contribution in [2.24, 2.45) is 7.05 Å². The van der Waals surface area contributed by atoms with E-state index in [-0.39, 0.29) is 0 Å². The van der Waals surface area contributed by atoms with E-state index in [0.29, 0.717) is 0 Å². The van der Waals surface area contributed by atoms with Gasteiger partial charge in [-0.25, -0.2) is 0 Å². The van der Waals surface area contributed by atoms with Gasteiger partial charge in [0.25, 0.3) is 0 Å². The van der Waals surface area contributed by atoms with Gasteiger partial charge in [-0.05, 0) is 75.8 Å². The van der Waals surface area contributed by atoms with Crippen molar-refractivity contribution in [1.82, 2.24) is 4.57 Å². The van der Waals surface area contributed by atoms with Gasteiger partial charge in [0.2, 0.25) is 0 Å². The molecule has 0 radical (unpaired) electrons. The van der Waals surface area contributed by atoms with Gasteiger partial charge >= 0.3 is 0 Å². The first-order chi connectivity index (χ1) is 13.7. The highest BCUT2D eigenvalue weighted by Crippen LogP contribution is 2.41. The first kappa shape index (κ1) is 16.6. The quantitative estimate of drug-likeness (QED) is 0.248. The van der Waals surface area contributed by atoms with Crippen LogP contribution >= 0.6 is 27.3 Å². The van der Waals surface area contributed by atoms with Crippen molar-refractivity contribution >= 4 is 65.2 Å². The standard InChI is InChI=1S/C25H18BrNS/c1-27-22-5-3-2-4-18(22)20-12-15(6-10-23(20)27)16-7-11-24-21(13-16)19-9-8-17(26)14-25(19)28-24/h2-7,10-14H,8-9H2,1H3. The third-order valence-electron chi connectivity index (χ3n) is 5.97. The summed E-state index contributed by atoms with van der Waals surface area (Å²) in [7, 11) is 2.15. The van der Waals surface area contributed by atoms with E-state index in [0.717, 1.165) is 12.8 Å². The van der Waals surface area contributed by atoms with E-state index < -0.39 is 0 Å². The van der Waals surface area contributed by atoms with Gasteiger partial charge < -0.3 is 4.57 Å². The van der Waals surface area contributed by atoms with Crippen LogP contribution in [-0.2, 0) is 13.5 Å². The minimum atomic E-state index is 1.10. The van der Waals surface area contributed by atoms with Gasteiger partial charge in [0, 0.05) is 38.4 Å². The molecule has 2 heterocycles. The molecule has 136 valence electrons. The highest BCUT2D eigenvalue weighted by atomic mass is 79.9. The fourth-order valence-electron chi connectivity index (χ4n) is 4.53. The van der Waals surface area contributed by atoms with Crippen molar-refractivity contribution < 1.29 is 0 Å². The number of allylic oxidation sites excluding steroid dienone is 1. The molecule has 1 aliphatic carbocycles. The number of fused-ring (bicyclic) bond motifs is 6. The SMILES string of the molecule is Cn1c2ccccc2c2cc(-c3ccc4sc5c(c4c3)CCC(Br)=C5)ccc21. The lowest BCUT2D eigenvalue weighted by molar-refractivity contribution is 0.996. The summed E-state index contributed by atoms with van der Waals surface area (Å²) in [5.41, 5.74) is 6.68. The van der Waals surface area contributed by atoms with Crippen molar-refractivity contribution in [3.05, 3.63) is 75.6 Å². The van der Waals surface area contributed by atoms with Crippen LogP contribution in [-0.4, -0.2) is 4.57 Å². The Morgan fingerprint density at radius 1 is 0.821 bits per heavy atom. The summed E-state index contributed by atoms with van der Waals surface area (Å²) < 4.78 is 4.99. The molecule has 0 saturated carbocycles. The zero-order chi connectivity index (χ0) is 18.8. The monoisotopic (exact) mass is 443 g/mol. The maximum atomic E-state index is 3.68. The second-order valence-corrected chi connectivity index (χ2v) is 9.66. The number of para-hydroxylation sites is 1. The van der Waals surface area contributed by atoms with Crippen LogP contribution in [0, 0.1) is 0 Å². The van der Waals surface area contributed by atoms with Crippen LogP contribution in [0.25, 0.3) is 49.1 Å². The largest absolute Gasteiger partial charge is 0.344 e. The van der Waals surface area contributed by atoms with Crippen LogP contribution < -0.4 is 0 Å². The number of nitrogens with zero attached hydrogens (tertiary/aromatic N) is 1. The molecule has 28 heavy (non-hydrogen) atoms. The fourth-order valence-corrected chi connectivity index (χ4v) is 6.31. The summed E-state index contributed by atoms with van der Waals surface area (Å²) in [6.45, 7) is 0. The van der Waals surface area contributed by atoms with E-state index in [9.17, 15) is 0 Å². The Labute approximate surface area is 176 Å². The number of aromatic nitrogens is 1. The summed E-state index contributed by atoms with van der Waals surface area (Å²) in [4.78, 5) is 1.41. The highest BCUT2D eigenvalue weighted by molar-refractivity contribution is 9.11. The smallest absolute Gasteiger partial charge is 0.0489 e. The lowest BCUT2D eigenvalue weighted by Gasteiger charge is -2.09. The van der Waals surface area contributed by atoms with E-state index in [2.05, 4.69) is 94.3 Å². The van der Waals surface area contributed by atoms with Gasteiger partial charge in [-0.3, -0.25) is 0 Å². The number of benzene rings is 3. The van der Waals surface area contributed by atoms with E-state index in [4.69, 9.17) is 0 Å². The maximum Gasteiger partial charge on any atom is 0.0489 e. The van der Waals surface area contributed by atoms with Gasteiger partial charge in [-0.2, -0.15) is 0 Å². The number of hydrogen-bond acceptors (Lipinski definition) is 1. The zero-order valence-corrected chi connectivity index (χ0v) is 17.9. The van der Waals surface area contributed by atoms with Crippen molar-refractivity contribution in [3.63, 3.8) is 0 Å². The molecule has 0 unspecified atom stereocenters. The van der Waals surface area contributed by atoms with Crippen LogP contribution in [0.5, 0.6) is 0 Å². The van der Waals surface area contributed by atoms with Crippen molar-refractivity contribution in [2.45, 2.75) is 12.8 Å². The maximum absolute atomic E-state index is 3.68. The van der Waals surface area contributed by atoms with Crippen molar-refractivity contribution in [2.75, 3.05) is 0 Å². The molecule has 0 bridgehead atoms. The molecular formula is C25H18BrNS. The number of thiophene rings is 1. The lowest BCUT2D eigenvalue weighted by Crippen LogP contribution is -1.92. The first-order valence-electron chi connectivity index (χ1n) is 9.58. The second kappa shape index (κ2) is 6.07. The van der Waals surface area contributed by atoms with Gasteiger partial charge in [0.1, 0.15) is 0 Å². The molecule has 3 heteroatoms. The lowest BCUT2D eigenvalue weighted by atomic mass is 9.97. The molecule has 1 aliphatic rings. The summed E-state index contributed by atoms with van der Waals surface area (Å²) in [5, 5.41) is 4.08. The number of halogens is 1. The fraction of sp³-hybridized carbons (Fsp3) is 0.120. The van der Waals surface area contributed by atoms with Crippen molar-refractivity contribution in [3.8, 4) is 11.1 Å². The number of rotatable bonds is 1. The Morgan fingerprint density at radius 3 is 2.46 bits per heavy atom.